The van der Waals surface area contributed by atoms with Crippen molar-refractivity contribution < 1.29 is 38.2 Å². The van der Waals surface area contributed by atoms with Crippen molar-refractivity contribution in [2.24, 2.45) is 5.73 Å². The molecule has 0 fully saturated rings. The lowest BCUT2D eigenvalue weighted by atomic mass is 10.1. The van der Waals surface area contributed by atoms with E-state index >= 15 is 0 Å². The molecule has 1 heterocycles. The second-order valence-electron chi connectivity index (χ2n) is 11.7. The molecule has 3 rings (SSSR count). The largest absolute Gasteiger partial charge is 0.445 e. The number of carbonyl (C=O) groups excluding carboxylic acids is 5. The number of unbranched alkanes of at least 4 members (excludes halogenated alkanes) is 1. The molecule has 1 aromatic heterocycles. The normalized spacial score (nSPS) is 12.3. The van der Waals surface area contributed by atoms with Crippen LogP contribution >= 0.6 is 0 Å². The molecule has 2 atom stereocenters. The Bertz CT molecular complexity index is 1470. The van der Waals surface area contributed by atoms with Gasteiger partial charge in [0.2, 0.25) is 5.91 Å². The van der Waals surface area contributed by atoms with Crippen LogP contribution in [0.3, 0.4) is 0 Å². The Morgan fingerprint density at radius 3 is 2.09 bits per heavy atom. The van der Waals surface area contributed by atoms with E-state index in [1.54, 1.807) is 20.8 Å². The van der Waals surface area contributed by atoms with Gasteiger partial charge in [-0.25, -0.2) is 23.9 Å². The first kappa shape index (κ1) is 36.2. The van der Waals surface area contributed by atoms with E-state index in [9.17, 15) is 24.0 Å². The zero-order valence-corrected chi connectivity index (χ0v) is 26.8. The third-order valence-corrected chi connectivity index (χ3v) is 6.48. The number of nitrogens with two attached hydrogens (primary N) is 1. The standard InChI is InChI=1S/C33H42N6O8/c1-33(2,3)47-31(43)38-29(41)27(16-10-11-17-35-30(42)45-20-23-12-6-4-7-13-23)37-28(40)26(34)18-25-19-39(22-36-25)32(44)46-21-24-14-8-5-9-15-24/h4-9,12-15,19,22,26-27H,10-11,16-18,20-21,34H2,1-3H3,(H,35,42)(H,37,40)(H,38,41,43)/t26-,27-/m0/s1. The summed E-state index contributed by atoms with van der Waals surface area (Å²) in [6.07, 6.45) is 1.42. The SMILES string of the molecule is CC(C)(C)OC(=O)NC(=O)[C@H](CCCCNC(=O)OCc1ccccc1)NC(=O)[C@@H](N)Cc1cn(C(=O)OCc2ccccc2)cn1. The molecule has 0 unspecified atom stereocenters. The van der Waals surface area contributed by atoms with E-state index in [0.717, 1.165) is 15.7 Å². The third kappa shape index (κ3) is 13.7. The van der Waals surface area contributed by atoms with E-state index in [1.807, 2.05) is 60.7 Å². The molecule has 0 bridgehead atoms. The number of benzene rings is 2. The molecule has 0 radical (unpaired) electrons. The summed E-state index contributed by atoms with van der Waals surface area (Å²) in [4.78, 5) is 66.8. The van der Waals surface area contributed by atoms with Crippen LogP contribution in [0.5, 0.6) is 0 Å². The van der Waals surface area contributed by atoms with Gasteiger partial charge >= 0.3 is 18.3 Å². The predicted octanol–water partition coefficient (Wildman–Crippen LogP) is 3.57. The average Bonchev–Trinajstić information content (AvgIpc) is 3.50. The summed E-state index contributed by atoms with van der Waals surface area (Å²) >= 11 is 0. The second kappa shape index (κ2) is 18.0. The van der Waals surface area contributed by atoms with Crippen LogP contribution in [0.25, 0.3) is 0 Å². The number of hydrogen-bond acceptors (Lipinski definition) is 10. The van der Waals surface area contributed by atoms with Gasteiger partial charge in [0.05, 0.1) is 11.7 Å². The molecule has 4 amide bonds. The summed E-state index contributed by atoms with van der Waals surface area (Å²) in [6.45, 7) is 5.42. The summed E-state index contributed by atoms with van der Waals surface area (Å²) in [5.41, 5.74) is 7.30. The van der Waals surface area contributed by atoms with Crippen molar-refractivity contribution in [3.63, 3.8) is 0 Å². The minimum Gasteiger partial charge on any atom is -0.445 e. The molecule has 3 aromatic rings. The Morgan fingerprint density at radius 1 is 0.851 bits per heavy atom. The molecule has 14 nitrogen and oxygen atoms in total. The summed E-state index contributed by atoms with van der Waals surface area (Å²) < 4.78 is 16.8. The fraction of sp³-hybridized carbons (Fsp3) is 0.394. The number of nitrogens with zero attached hydrogens (tertiary/aromatic N) is 2. The molecule has 0 aliphatic heterocycles. The van der Waals surface area contributed by atoms with Gasteiger partial charge in [0, 0.05) is 19.2 Å². The maximum Gasteiger partial charge on any atom is 0.419 e. The predicted molar refractivity (Wildman–Crippen MR) is 171 cm³/mol. The molecule has 0 spiro atoms. The zero-order valence-electron chi connectivity index (χ0n) is 26.8. The van der Waals surface area contributed by atoms with Gasteiger partial charge in [0.1, 0.15) is 31.2 Å². The Morgan fingerprint density at radius 2 is 1.47 bits per heavy atom. The van der Waals surface area contributed by atoms with Crippen molar-refractivity contribution in [3.05, 3.63) is 90.0 Å². The van der Waals surface area contributed by atoms with Crippen LogP contribution < -0.4 is 21.7 Å². The molecule has 0 aliphatic rings. The summed E-state index contributed by atoms with van der Waals surface area (Å²) in [5.74, 6) is -1.45. The van der Waals surface area contributed by atoms with Crippen LogP contribution in [0.4, 0.5) is 14.4 Å². The minimum atomic E-state index is -1.13. The second-order valence-corrected chi connectivity index (χ2v) is 11.7. The van der Waals surface area contributed by atoms with Gasteiger partial charge in [-0.05, 0) is 51.2 Å². The smallest absolute Gasteiger partial charge is 0.419 e. The fourth-order valence-electron chi connectivity index (χ4n) is 4.16. The van der Waals surface area contributed by atoms with Gasteiger partial charge in [-0.2, -0.15) is 0 Å². The molecule has 252 valence electrons. The van der Waals surface area contributed by atoms with E-state index in [1.165, 1.54) is 12.5 Å². The Balaban J connectivity index is 1.50. The monoisotopic (exact) mass is 650 g/mol. The van der Waals surface area contributed by atoms with Crippen molar-refractivity contribution in [2.45, 2.75) is 77.4 Å². The molecule has 2 aromatic carbocycles. The van der Waals surface area contributed by atoms with E-state index in [4.69, 9.17) is 19.9 Å². The van der Waals surface area contributed by atoms with E-state index in [-0.39, 0.29) is 32.6 Å². The summed E-state index contributed by atoms with van der Waals surface area (Å²) in [6, 6.07) is 16.2. The van der Waals surface area contributed by atoms with Crippen molar-refractivity contribution in [1.82, 2.24) is 25.5 Å². The lowest BCUT2D eigenvalue weighted by Crippen LogP contribution is -2.53. The highest BCUT2D eigenvalue weighted by molar-refractivity contribution is 5.97. The van der Waals surface area contributed by atoms with Crippen molar-refractivity contribution in [2.75, 3.05) is 6.54 Å². The Hall–Kier alpha value is -5.24. The summed E-state index contributed by atoms with van der Waals surface area (Å²) in [7, 11) is 0. The summed E-state index contributed by atoms with van der Waals surface area (Å²) in [5, 5.41) is 7.38. The van der Waals surface area contributed by atoms with Gasteiger partial charge in [-0.3, -0.25) is 14.9 Å². The van der Waals surface area contributed by atoms with Crippen LogP contribution in [0.15, 0.2) is 73.2 Å². The third-order valence-electron chi connectivity index (χ3n) is 6.48. The van der Waals surface area contributed by atoms with Gasteiger partial charge in [0.15, 0.2) is 0 Å². The van der Waals surface area contributed by atoms with Crippen molar-refractivity contribution in [3.8, 4) is 0 Å². The molecule has 0 saturated heterocycles. The number of carbonyl (C=O) groups is 5. The maximum atomic E-state index is 13.0. The number of imidazole rings is 1. The van der Waals surface area contributed by atoms with Gasteiger partial charge < -0.3 is 30.6 Å². The topological polar surface area (TPSA) is 193 Å². The highest BCUT2D eigenvalue weighted by Crippen LogP contribution is 2.09. The molecule has 5 N–H and O–H groups in total. The van der Waals surface area contributed by atoms with Crippen LogP contribution in [0.1, 0.15) is 56.9 Å². The molecule has 14 heteroatoms. The fourth-order valence-corrected chi connectivity index (χ4v) is 4.16. The number of imide groups is 1. The van der Waals surface area contributed by atoms with E-state index in [0.29, 0.717) is 18.5 Å². The molecular weight excluding hydrogens is 608 g/mol. The number of hydrogen-bond donors (Lipinski definition) is 4. The Labute approximate surface area is 273 Å². The van der Waals surface area contributed by atoms with Gasteiger partial charge in [0.25, 0.3) is 5.91 Å². The van der Waals surface area contributed by atoms with Crippen LogP contribution in [0.2, 0.25) is 0 Å². The van der Waals surface area contributed by atoms with Gasteiger partial charge in [-0.15, -0.1) is 0 Å². The maximum absolute atomic E-state index is 13.0. The minimum absolute atomic E-state index is 0.0415. The number of alkyl carbamates (subject to hydrolysis) is 2. The molecular formula is C33H42N6O8. The van der Waals surface area contributed by atoms with Crippen LogP contribution in [-0.4, -0.2) is 63.9 Å². The first-order valence-electron chi connectivity index (χ1n) is 15.2. The van der Waals surface area contributed by atoms with E-state index < -0.39 is 47.8 Å². The highest BCUT2D eigenvalue weighted by Gasteiger charge is 2.27. The lowest BCUT2D eigenvalue weighted by Gasteiger charge is -2.22. The van der Waals surface area contributed by atoms with Crippen molar-refractivity contribution in [1.29, 1.82) is 0 Å². The van der Waals surface area contributed by atoms with E-state index in [2.05, 4.69) is 20.9 Å². The number of aromatic nitrogens is 2. The number of rotatable bonds is 14. The van der Waals surface area contributed by atoms with Crippen molar-refractivity contribution >= 4 is 30.1 Å². The number of nitrogens with one attached hydrogen (secondary N) is 3. The quantitative estimate of drug-likeness (QED) is 0.148. The van der Waals surface area contributed by atoms with Crippen LogP contribution in [0, 0.1) is 0 Å². The highest BCUT2D eigenvalue weighted by atomic mass is 16.6. The first-order chi connectivity index (χ1) is 22.4. The average molecular weight is 651 g/mol. The first-order valence-corrected chi connectivity index (χ1v) is 15.2. The van der Waals surface area contributed by atoms with Gasteiger partial charge in [-0.1, -0.05) is 60.7 Å². The lowest BCUT2D eigenvalue weighted by molar-refractivity contribution is -0.129. The molecule has 0 aliphatic carbocycles. The number of ether oxygens (including phenoxy) is 3. The Kier molecular flexibility index (Phi) is 13.9. The molecule has 47 heavy (non-hydrogen) atoms. The number of amides is 4. The molecule has 0 saturated carbocycles. The zero-order chi connectivity index (χ0) is 34.2. The van der Waals surface area contributed by atoms with Crippen LogP contribution in [-0.2, 0) is 43.4 Å².